The van der Waals surface area contributed by atoms with Crippen molar-refractivity contribution in [1.29, 1.82) is 0 Å². The Hall–Kier alpha value is -0.790. The SMILES string of the molecule is COc1c(Br)cc(C(=O)NCC2CC2)cc1S(=O)(=O)Cl. The van der Waals surface area contributed by atoms with Crippen molar-refractivity contribution >= 4 is 41.6 Å². The number of carbonyl (C=O) groups is 1. The number of benzene rings is 1. The van der Waals surface area contributed by atoms with Crippen LogP contribution in [-0.4, -0.2) is 28.0 Å². The van der Waals surface area contributed by atoms with Crippen LogP contribution >= 0.6 is 26.6 Å². The maximum atomic E-state index is 12.0. The minimum Gasteiger partial charge on any atom is -0.494 e. The van der Waals surface area contributed by atoms with Gasteiger partial charge in [-0.25, -0.2) is 8.42 Å². The van der Waals surface area contributed by atoms with E-state index < -0.39 is 9.05 Å². The van der Waals surface area contributed by atoms with Crippen molar-refractivity contribution in [2.75, 3.05) is 13.7 Å². The molecule has 0 spiro atoms. The predicted molar refractivity (Wildman–Crippen MR) is 78.8 cm³/mol. The summed E-state index contributed by atoms with van der Waals surface area (Å²) in [4.78, 5) is 11.8. The van der Waals surface area contributed by atoms with Crippen LogP contribution in [0.3, 0.4) is 0 Å². The summed E-state index contributed by atoms with van der Waals surface area (Å²) in [7, 11) is 2.69. The molecule has 1 aromatic rings. The molecule has 0 unspecified atom stereocenters. The summed E-state index contributed by atoms with van der Waals surface area (Å²) in [5.41, 5.74) is 0.220. The maximum absolute atomic E-state index is 12.0. The summed E-state index contributed by atoms with van der Waals surface area (Å²) >= 11 is 3.18. The fourth-order valence-corrected chi connectivity index (χ4v) is 3.52. The van der Waals surface area contributed by atoms with E-state index in [-0.39, 0.29) is 22.1 Å². The van der Waals surface area contributed by atoms with E-state index in [1.807, 2.05) is 0 Å². The molecule has 1 aliphatic rings. The first-order chi connectivity index (χ1) is 9.32. The van der Waals surface area contributed by atoms with Gasteiger partial charge in [0.2, 0.25) is 0 Å². The number of hydrogen-bond donors (Lipinski definition) is 1. The lowest BCUT2D eigenvalue weighted by atomic mass is 10.2. The molecule has 0 aromatic heterocycles. The molecule has 5 nitrogen and oxygen atoms in total. The molecule has 0 heterocycles. The first kappa shape index (κ1) is 15.6. The number of carbonyl (C=O) groups excluding carboxylic acids is 1. The van der Waals surface area contributed by atoms with Crippen LogP contribution < -0.4 is 10.1 Å². The Labute approximate surface area is 130 Å². The molecule has 0 aliphatic heterocycles. The van der Waals surface area contributed by atoms with E-state index in [0.29, 0.717) is 16.9 Å². The first-order valence-electron chi connectivity index (χ1n) is 5.93. The average molecular weight is 383 g/mol. The number of methoxy groups -OCH3 is 1. The summed E-state index contributed by atoms with van der Waals surface area (Å²) in [5, 5.41) is 2.77. The fraction of sp³-hybridized carbons (Fsp3) is 0.417. The highest BCUT2D eigenvalue weighted by Gasteiger charge is 2.24. The van der Waals surface area contributed by atoms with Gasteiger partial charge in [0.1, 0.15) is 4.90 Å². The predicted octanol–water partition coefficient (Wildman–Crippen LogP) is 2.53. The molecule has 20 heavy (non-hydrogen) atoms. The van der Waals surface area contributed by atoms with Gasteiger partial charge in [0.05, 0.1) is 11.6 Å². The van der Waals surface area contributed by atoms with Gasteiger partial charge in [0.15, 0.2) is 5.75 Å². The van der Waals surface area contributed by atoms with Gasteiger partial charge >= 0.3 is 0 Å². The fourth-order valence-electron chi connectivity index (χ4n) is 1.74. The highest BCUT2D eigenvalue weighted by atomic mass is 79.9. The van der Waals surface area contributed by atoms with E-state index in [9.17, 15) is 13.2 Å². The third kappa shape index (κ3) is 3.65. The second-order valence-corrected chi connectivity index (χ2v) is 7.97. The van der Waals surface area contributed by atoms with Gasteiger partial charge in [-0.3, -0.25) is 4.79 Å². The number of amides is 1. The summed E-state index contributed by atoms with van der Waals surface area (Å²) < 4.78 is 28.5. The molecular weight excluding hydrogens is 370 g/mol. The van der Waals surface area contributed by atoms with Gasteiger partial charge < -0.3 is 10.1 Å². The normalized spacial score (nSPS) is 14.9. The second-order valence-electron chi connectivity index (χ2n) is 4.58. The van der Waals surface area contributed by atoms with Gasteiger partial charge in [-0.2, -0.15) is 0 Å². The summed E-state index contributed by atoms with van der Waals surface area (Å²) in [6.45, 7) is 0.603. The van der Waals surface area contributed by atoms with Crippen LogP contribution in [0.1, 0.15) is 23.2 Å². The quantitative estimate of drug-likeness (QED) is 0.794. The van der Waals surface area contributed by atoms with Crippen molar-refractivity contribution < 1.29 is 17.9 Å². The number of halogens is 2. The van der Waals surface area contributed by atoms with Gasteiger partial charge in [-0.05, 0) is 46.8 Å². The van der Waals surface area contributed by atoms with E-state index in [1.165, 1.54) is 19.2 Å². The Kier molecular flexibility index (Phi) is 4.61. The highest BCUT2D eigenvalue weighted by molar-refractivity contribution is 9.10. The van der Waals surface area contributed by atoms with E-state index in [4.69, 9.17) is 15.4 Å². The standard InChI is InChI=1S/C12H13BrClNO4S/c1-19-11-9(13)4-8(5-10(11)20(14,17)18)12(16)15-6-7-2-3-7/h4-5,7H,2-3,6H2,1H3,(H,15,16). The molecule has 0 radical (unpaired) electrons. The summed E-state index contributed by atoms with van der Waals surface area (Å²) in [6, 6.07) is 2.72. The highest BCUT2D eigenvalue weighted by Crippen LogP contribution is 2.35. The lowest BCUT2D eigenvalue weighted by molar-refractivity contribution is 0.0951. The van der Waals surface area contributed by atoms with Crippen LogP contribution in [0.4, 0.5) is 0 Å². The van der Waals surface area contributed by atoms with Crippen molar-refractivity contribution in [3.8, 4) is 5.75 Å². The minimum absolute atomic E-state index is 0.0822. The third-order valence-electron chi connectivity index (χ3n) is 2.99. The van der Waals surface area contributed by atoms with Crippen molar-refractivity contribution in [3.05, 3.63) is 22.2 Å². The Morgan fingerprint density at radius 2 is 2.15 bits per heavy atom. The van der Waals surface area contributed by atoms with Crippen LogP contribution in [0.5, 0.6) is 5.75 Å². The van der Waals surface area contributed by atoms with Gasteiger partial charge in [-0.15, -0.1) is 0 Å². The molecule has 0 atom stereocenters. The third-order valence-corrected chi connectivity index (χ3v) is 4.90. The number of rotatable bonds is 5. The summed E-state index contributed by atoms with van der Waals surface area (Å²) in [6.07, 6.45) is 2.24. The molecule has 110 valence electrons. The number of nitrogens with one attached hydrogen (secondary N) is 1. The van der Waals surface area contributed by atoms with Crippen LogP contribution in [0.2, 0.25) is 0 Å². The molecule has 1 fully saturated rings. The molecular formula is C12H13BrClNO4S. The zero-order valence-corrected chi connectivity index (χ0v) is 13.8. The average Bonchev–Trinajstić information content (AvgIpc) is 3.17. The molecule has 2 rings (SSSR count). The van der Waals surface area contributed by atoms with Gasteiger partial charge in [0.25, 0.3) is 15.0 Å². The van der Waals surface area contributed by atoms with Crippen LogP contribution in [-0.2, 0) is 9.05 Å². The van der Waals surface area contributed by atoms with E-state index in [2.05, 4.69) is 21.2 Å². The second kappa shape index (κ2) is 5.91. The van der Waals surface area contributed by atoms with Crippen LogP contribution in [0, 0.1) is 5.92 Å². The lowest BCUT2D eigenvalue weighted by Crippen LogP contribution is -2.25. The van der Waals surface area contributed by atoms with E-state index in [0.717, 1.165) is 12.8 Å². The van der Waals surface area contributed by atoms with E-state index in [1.54, 1.807) is 0 Å². The Morgan fingerprint density at radius 1 is 1.50 bits per heavy atom. The van der Waals surface area contributed by atoms with E-state index >= 15 is 0 Å². The lowest BCUT2D eigenvalue weighted by Gasteiger charge is -2.11. The van der Waals surface area contributed by atoms with Gasteiger partial charge in [0, 0.05) is 22.8 Å². The maximum Gasteiger partial charge on any atom is 0.265 e. The van der Waals surface area contributed by atoms with Crippen molar-refractivity contribution in [3.63, 3.8) is 0 Å². The largest absolute Gasteiger partial charge is 0.494 e. The van der Waals surface area contributed by atoms with Crippen molar-refractivity contribution in [1.82, 2.24) is 5.32 Å². The van der Waals surface area contributed by atoms with Crippen LogP contribution in [0.15, 0.2) is 21.5 Å². The van der Waals surface area contributed by atoms with Gasteiger partial charge in [-0.1, -0.05) is 0 Å². The Morgan fingerprint density at radius 3 is 2.65 bits per heavy atom. The summed E-state index contributed by atoms with van der Waals surface area (Å²) in [5.74, 6) is 0.289. The molecule has 1 saturated carbocycles. The molecule has 1 aromatic carbocycles. The minimum atomic E-state index is -4.01. The van der Waals surface area contributed by atoms with Crippen LogP contribution in [0.25, 0.3) is 0 Å². The number of hydrogen-bond acceptors (Lipinski definition) is 4. The molecule has 1 amide bonds. The zero-order chi connectivity index (χ0) is 14.9. The molecule has 0 saturated heterocycles. The monoisotopic (exact) mass is 381 g/mol. The van der Waals surface area contributed by atoms with Crippen molar-refractivity contribution in [2.24, 2.45) is 5.92 Å². The molecule has 1 aliphatic carbocycles. The first-order valence-corrected chi connectivity index (χ1v) is 9.03. The smallest absolute Gasteiger partial charge is 0.265 e. The topological polar surface area (TPSA) is 72.5 Å². The molecule has 8 heteroatoms. The number of ether oxygens (including phenoxy) is 1. The molecule has 1 N–H and O–H groups in total. The molecule has 0 bridgehead atoms. The zero-order valence-electron chi connectivity index (χ0n) is 10.7. The Bertz CT molecular complexity index is 643. The van der Waals surface area contributed by atoms with Crippen molar-refractivity contribution in [2.45, 2.75) is 17.7 Å². The Balaban J connectivity index is 2.34.